The van der Waals surface area contributed by atoms with Gasteiger partial charge in [-0.2, -0.15) is 5.26 Å². The molecule has 1 aromatic carbocycles. The van der Waals surface area contributed by atoms with Crippen LogP contribution in [0.2, 0.25) is 5.02 Å². The van der Waals surface area contributed by atoms with Crippen molar-refractivity contribution < 1.29 is 5.11 Å². The van der Waals surface area contributed by atoms with Crippen LogP contribution in [0.15, 0.2) is 12.1 Å². The molecule has 3 nitrogen and oxygen atoms in total. The summed E-state index contributed by atoms with van der Waals surface area (Å²) in [5.74, 6) is 0. The highest BCUT2D eigenvalue weighted by Gasteiger charge is 2.45. The van der Waals surface area contributed by atoms with Crippen molar-refractivity contribution in [2.24, 2.45) is 0 Å². The Morgan fingerprint density at radius 1 is 1.35 bits per heavy atom. The zero-order valence-corrected chi connectivity index (χ0v) is 12.6. The molecule has 2 unspecified atom stereocenters. The van der Waals surface area contributed by atoms with E-state index < -0.39 is 5.60 Å². The first-order valence-electron chi connectivity index (χ1n) is 7.13. The molecule has 1 N–H and O–H groups in total. The van der Waals surface area contributed by atoms with E-state index in [9.17, 15) is 5.11 Å². The van der Waals surface area contributed by atoms with Gasteiger partial charge in [0, 0.05) is 17.8 Å². The van der Waals surface area contributed by atoms with E-state index in [2.05, 4.69) is 11.0 Å². The minimum Gasteiger partial charge on any atom is -0.390 e. The van der Waals surface area contributed by atoms with Gasteiger partial charge in [0.25, 0.3) is 0 Å². The molecule has 2 heterocycles. The lowest BCUT2D eigenvalue weighted by atomic mass is 9.87. The molecule has 0 saturated carbocycles. The number of nitriles is 1. The van der Waals surface area contributed by atoms with Gasteiger partial charge in [-0.05, 0) is 57.2 Å². The predicted octanol–water partition coefficient (Wildman–Crippen LogP) is 3.40. The average Bonchev–Trinajstić information content (AvgIpc) is 2.66. The molecule has 2 atom stereocenters. The molecular weight excluding hydrogens is 272 g/mol. The molecular formula is C16H19ClN2O. The summed E-state index contributed by atoms with van der Waals surface area (Å²) in [6.07, 6.45) is 3.86. The topological polar surface area (TPSA) is 47.3 Å². The van der Waals surface area contributed by atoms with E-state index in [0.717, 1.165) is 36.9 Å². The van der Waals surface area contributed by atoms with Crippen molar-refractivity contribution in [3.8, 4) is 6.07 Å². The van der Waals surface area contributed by atoms with Crippen LogP contribution in [0.4, 0.5) is 5.69 Å². The zero-order chi connectivity index (χ0) is 14.5. The van der Waals surface area contributed by atoms with Crippen molar-refractivity contribution in [2.75, 3.05) is 4.90 Å². The molecule has 0 spiro atoms. The van der Waals surface area contributed by atoms with Gasteiger partial charge in [0.1, 0.15) is 6.07 Å². The van der Waals surface area contributed by atoms with Gasteiger partial charge in [-0.3, -0.25) is 0 Å². The number of fused-ring (bicyclic) bond motifs is 2. The van der Waals surface area contributed by atoms with Gasteiger partial charge >= 0.3 is 0 Å². The monoisotopic (exact) mass is 290 g/mol. The quantitative estimate of drug-likeness (QED) is 0.862. The molecule has 0 aliphatic carbocycles. The summed E-state index contributed by atoms with van der Waals surface area (Å²) >= 11 is 6.29. The number of aliphatic hydroxyl groups is 1. The number of hydrogen-bond acceptors (Lipinski definition) is 3. The fourth-order valence-electron chi connectivity index (χ4n) is 3.89. The molecule has 4 heteroatoms. The highest BCUT2D eigenvalue weighted by molar-refractivity contribution is 6.32. The Hall–Kier alpha value is -1.24. The van der Waals surface area contributed by atoms with Crippen LogP contribution in [0.5, 0.6) is 0 Å². The Kier molecular flexibility index (Phi) is 3.19. The van der Waals surface area contributed by atoms with Crippen LogP contribution in [0.3, 0.4) is 0 Å². The van der Waals surface area contributed by atoms with Crippen LogP contribution in [0.25, 0.3) is 0 Å². The van der Waals surface area contributed by atoms with E-state index in [1.54, 1.807) is 6.07 Å². The maximum absolute atomic E-state index is 10.3. The molecule has 20 heavy (non-hydrogen) atoms. The summed E-state index contributed by atoms with van der Waals surface area (Å²) in [4.78, 5) is 2.42. The summed E-state index contributed by atoms with van der Waals surface area (Å²) in [6.45, 7) is 3.92. The number of rotatable bonds is 1. The Bertz CT molecular complexity index is 575. The first-order valence-corrected chi connectivity index (χ1v) is 7.50. The molecule has 1 aromatic rings. The van der Waals surface area contributed by atoms with E-state index in [1.165, 1.54) is 0 Å². The van der Waals surface area contributed by atoms with Gasteiger partial charge in [-0.1, -0.05) is 11.6 Å². The molecule has 2 fully saturated rings. The number of halogens is 1. The third-order valence-corrected chi connectivity index (χ3v) is 5.21. The Balaban J connectivity index is 2.00. The molecule has 0 radical (unpaired) electrons. The number of piperidine rings is 1. The maximum Gasteiger partial charge on any atom is 0.101 e. The van der Waals surface area contributed by atoms with Gasteiger partial charge in [0.15, 0.2) is 0 Å². The second kappa shape index (κ2) is 4.65. The van der Waals surface area contributed by atoms with Crippen molar-refractivity contribution in [3.05, 3.63) is 28.3 Å². The molecule has 2 bridgehead atoms. The standard InChI is InChI=1S/C16H19ClN2O/c1-10-14(6-3-11(9-18)15(10)17)19-12-4-5-13(19)8-16(2,20)7-12/h3,6,12-13,20H,4-5,7-8H2,1-2H3. The predicted molar refractivity (Wildman–Crippen MR) is 80.1 cm³/mol. The van der Waals surface area contributed by atoms with Crippen molar-refractivity contribution in [3.63, 3.8) is 0 Å². The highest BCUT2D eigenvalue weighted by Crippen LogP contribution is 2.45. The third kappa shape index (κ3) is 2.08. The lowest BCUT2D eigenvalue weighted by Gasteiger charge is -2.44. The molecule has 106 valence electrons. The van der Waals surface area contributed by atoms with Crippen LogP contribution in [-0.2, 0) is 0 Å². The largest absolute Gasteiger partial charge is 0.390 e. The average molecular weight is 291 g/mol. The number of anilines is 1. The fraction of sp³-hybridized carbons (Fsp3) is 0.562. The van der Waals surface area contributed by atoms with E-state index in [4.69, 9.17) is 16.9 Å². The SMILES string of the molecule is Cc1c(N2C3CCC2CC(C)(O)C3)ccc(C#N)c1Cl. The van der Waals surface area contributed by atoms with Crippen LogP contribution >= 0.6 is 11.6 Å². The molecule has 3 rings (SSSR count). The van der Waals surface area contributed by atoms with Gasteiger partial charge in [0.05, 0.1) is 16.2 Å². The van der Waals surface area contributed by atoms with Gasteiger partial charge < -0.3 is 10.0 Å². The van der Waals surface area contributed by atoms with Crippen LogP contribution < -0.4 is 4.90 Å². The Morgan fingerprint density at radius 2 is 1.95 bits per heavy atom. The normalized spacial score (nSPS) is 32.2. The summed E-state index contributed by atoms with van der Waals surface area (Å²) in [6, 6.07) is 6.70. The van der Waals surface area contributed by atoms with Crippen molar-refractivity contribution >= 4 is 17.3 Å². The second-order valence-corrected chi connectivity index (χ2v) is 6.76. The number of hydrogen-bond donors (Lipinski definition) is 1. The fourth-order valence-corrected chi connectivity index (χ4v) is 4.10. The minimum atomic E-state index is -0.549. The van der Waals surface area contributed by atoms with E-state index in [-0.39, 0.29) is 0 Å². The highest BCUT2D eigenvalue weighted by atomic mass is 35.5. The van der Waals surface area contributed by atoms with Crippen LogP contribution in [-0.4, -0.2) is 22.8 Å². The van der Waals surface area contributed by atoms with Gasteiger partial charge in [0.2, 0.25) is 0 Å². The first kappa shape index (κ1) is 13.7. The number of nitrogens with zero attached hydrogens (tertiary/aromatic N) is 2. The molecule has 2 aliphatic heterocycles. The van der Waals surface area contributed by atoms with Crippen molar-refractivity contribution in [1.29, 1.82) is 5.26 Å². The van der Waals surface area contributed by atoms with Crippen LogP contribution in [0, 0.1) is 18.3 Å². The lowest BCUT2D eigenvalue weighted by molar-refractivity contribution is 0.0199. The molecule has 0 amide bonds. The first-order chi connectivity index (χ1) is 9.43. The van der Waals surface area contributed by atoms with Crippen molar-refractivity contribution in [2.45, 2.75) is 57.2 Å². The zero-order valence-electron chi connectivity index (χ0n) is 11.9. The molecule has 2 saturated heterocycles. The van der Waals surface area contributed by atoms with Gasteiger partial charge in [-0.25, -0.2) is 0 Å². The Morgan fingerprint density at radius 3 is 2.50 bits per heavy atom. The van der Waals surface area contributed by atoms with E-state index in [0.29, 0.717) is 22.7 Å². The van der Waals surface area contributed by atoms with Gasteiger partial charge in [-0.15, -0.1) is 0 Å². The summed E-state index contributed by atoms with van der Waals surface area (Å²) in [5, 5.41) is 19.9. The maximum atomic E-state index is 10.3. The van der Waals surface area contributed by atoms with Crippen LogP contribution in [0.1, 0.15) is 43.7 Å². The minimum absolute atomic E-state index is 0.381. The van der Waals surface area contributed by atoms with E-state index >= 15 is 0 Å². The molecule has 2 aliphatic rings. The second-order valence-electron chi connectivity index (χ2n) is 6.38. The smallest absolute Gasteiger partial charge is 0.101 e. The summed E-state index contributed by atoms with van der Waals surface area (Å²) in [5.41, 5.74) is 2.08. The third-order valence-electron chi connectivity index (χ3n) is 4.73. The van der Waals surface area contributed by atoms with E-state index in [1.807, 2.05) is 19.9 Å². The summed E-state index contributed by atoms with van der Waals surface area (Å²) < 4.78 is 0. The Labute approximate surface area is 124 Å². The summed E-state index contributed by atoms with van der Waals surface area (Å²) in [7, 11) is 0. The lowest BCUT2D eigenvalue weighted by Crippen LogP contribution is -2.50. The number of benzene rings is 1. The molecule has 0 aromatic heterocycles. The van der Waals surface area contributed by atoms with Crippen molar-refractivity contribution in [1.82, 2.24) is 0 Å².